The van der Waals surface area contributed by atoms with Crippen molar-refractivity contribution in [2.24, 2.45) is 4.99 Å². The molecule has 130 valence electrons. The van der Waals surface area contributed by atoms with Gasteiger partial charge in [0.2, 0.25) is 0 Å². The molecule has 0 saturated carbocycles. The summed E-state index contributed by atoms with van der Waals surface area (Å²) >= 11 is 0. The fourth-order valence-electron chi connectivity index (χ4n) is 3.15. The number of H-pyrrole nitrogens is 1. The van der Waals surface area contributed by atoms with E-state index >= 15 is 0 Å². The Bertz CT molecular complexity index is 833. The molecule has 0 aliphatic heterocycles. The Labute approximate surface area is 149 Å². The third-order valence-corrected chi connectivity index (χ3v) is 4.46. The maximum Gasteiger partial charge on any atom is 0.190 e. The molecule has 4 nitrogen and oxygen atoms in total. The number of aryl methyl sites for hydroxylation is 1. The molecule has 0 aliphatic rings. The Balaban J connectivity index is 1.48. The smallest absolute Gasteiger partial charge is 0.190 e. The normalized spacial score (nSPS) is 11.7. The maximum absolute atomic E-state index is 4.30. The van der Waals surface area contributed by atoms with Gasteiger partial charge in [-0.25, -0.2) is 0 Å². The van der Waals surface area contributed by atoms with Gasteiger partial charge in [0.15, 0.2) is 5.96 Å². The quantitative estimate of drug-likeness (QED) is 0.478. The molecule has 1 aromatic heterocycles. The monoisotopic (exact) mass is 334 g/mol. The Hall–Kier alpha value is -2.75. The summed E-state index contributed by atoms with van der Waals surface area (Å²) in [6, 6.07) is 16.9. The molecule has 0 amide bonds. The van der Waals surface area contributed by atoms with Crippen molar-refractivity contribution in [3.05, 3.63) is 71.4 Å². The number of aromatic amines is 1. The van der Waals surface area contributed by atoms with Gasteiger partial charge in [-0.2, -0.15) is 0 Å². The molecule has 0 spiro atoms. The van der Waals surface area contributed by atoms with Crippen LogP contribution in [0.5, 0.6) is 0 Å². The molecular formula is C21H26N4. The highest BCUT2D eigenvalue weighted by Gasteiger charge is 2.06. The highest BCUT2D eigenvalue weighted by Crippen LogP contribution is 2.22. The summed E-state index contributed by atoms with van der Waals surface area (Å²) in [5, 5.41) is 8.12. The maximum atomic E-state index is 4.30. The summed E-state index contributed by atoms with van der Waals surface area (Å²) in [7, 11) is 1.81. The molecule has 2 aromatic carbocycles. The van der Waals surface area contributed by atoms with Crippen molar-refractivity contribution in [1.82, 2.24) is 15.6 Å². The first kappa shape index (κ1) is 17.1. The molecule has 0 unspecified atom stereocenters. The molecule has 0 aliphatic carbocycles. The van der Waals surface area contributed by atoms with E-state index in [1.165, 1.54) is 27.6 Å². The second-order valence-corrected chi connectivity index (χ2v) is 6.22. The van der Waals surface area contributed by atoms with E-state index in [2.05, 4.69) is 76.2 Å². The van der Waals surface area contributed by atoms with E-state index in [4.69, 9.17) is 0 Å². The number of hydrogen-bond acceptors (Lipinski definition) is 1. The molecule has 0 radical (unpaired) electrons. The highest BCUT2D eigenvalue weighted by atomic mass is 15.2. The van der Waals surface area contributed by atoms with E-state index in [-0.39, 0.29) is 0 Å². The Morgan fingerprint density at radius 2 is 1.72 bits per heavy atom. The third kappa shape index (κ3) is 4.41. The van der Waals surface area contributed by atoms with E-state index in [1.54, 1.807) is 0 Å². The zero-order valence-electron chi connectivity index (χ0n) is 15.0. The van der Waals surface area contributed by atoms with Gasteiger partial charge in [-0.15, -0.1) is 0 Å². The van der Waals surface area contributed by atoms with Crippen LogP contribution in [0, 0.1) is 6.92 Å². The van der Waals surface area contributed by atoms with Crippen LogP contribution < -0.4 is 10.6 Å². The number of benzene rings is 2. The lowest BCUT2D eigenvalue weighted by molar-refractivity contribution is 0.785. The van der Waals surface area contributed by atoms with Crippen LogP contribution in [0.2, 0.25) is 0 Å². The van der Waals surface area contributed by atoms with E-state index in [0.717, 1.165) is 31.9 Å². The summed E-state index contributed by atoms with van der Waals surface area (Å²) in [6.07, 6.45) is 4.07. The summed E-state index contributed by atoms with van der Waals surface area (Å²) < 4.78 is 0. The van der Waals surface area contributed by atoms with Gasteiger partial charge in [-0.3, -0.25) is 4.99 Å². The van der Waals surface area contributed by atoms with Crippen molar-refractivity contribution in [3.63, 3.8) is 0 Å². The molecule has 0 saturated heterocycles. The van der Waals surface area contributed by atoms with Crippen LogP contribution in [-0.4, -0.2) is 31.1 Å². The predicted octanol–water partition coefficient (Wildman–Crippen LogP) is 3.43. The van der Waals surface area contributed by atoms with Crippen LogP contribution in [0.4, 0.5) is 0 Å². The van der Waals surface area contributed by atoms with Crippen molar-refractivity contribution >= 4 is 16.9 Å². The van der Waals surface area contributed by atoms with Crippen molar-refractivity contribution < 1.29 is 0 Å². The first-order valence-electron chi connectivity index (χ1n) is 8.82. The molecule has 0 atom stereocenters. The van der Waals surface area contributed by atoms with Crippen LogP contribution in [-0.2, 0) is 12.8 Å². The summed E-state index contributed by atoms with van der Waals surface area (Å²) in [6.45, 7) is 3.89. The molecule has 25 heavy (non-hydrogen) atoms. The van der Waals surface area contributed by atoms with E-state index < -0.39 is 0 Å². The lowest BCUT2D eigenvalue weighted by Crippen LogP contribution is -2.39. The summed E-state index contributed by atoms with van der Waals surface area (Å²) in [5.74, 6) is 0.854. The summed E-state index contributed by atoms with van der Waals surface area (Å²) in [5.41, 5.74) is 5.21. The van der Waals surface area contributed by atoms with Crippen LogP contribution in [0.1, 0.15) is 16.7 Å². The Kier molecular flexibility index (Phi) is 5.73. The van der Waals surface area contributed by atoms with E-state index in [9.17, 15) is 0 Å². The fraction of sp³-hybridized carbons (Fsp3) is 0.286. The minimum atomic E-state index is 0.853. The number of nitrogens with one attached hydrogen (secondary N) is 3. The van der Waals surface area contributed by atoms with E-state index in [0.29, 0.717) is 0 Å². The SMILES string of the molecule is CN=C(NCCc1ccccc1)NCCc1c[nH]c2cccc(C)c12. The number of guanidine groups is 1. The molecule has 3 aromatic rings. The predicted molar refractivity (Wildman–Crippen MR) is 106 cm³/mol. The van der Waals surface area contributed by atoms with Crippen LogP contribution in [0.15, 0.2) is 59.7 Å². The minimum Gasteiger partial charge on any atom is -0.361 e. The van der Waals surface area contributed by atoms with Crippen molar-refractivity contribution in [3.8, 4) is 0 Å². The topological polar surface area (TPSA) is 52.2 Å². The first-order valence-corrected chi connectivity index (χ1v) is 8.82. The molecule has 0 bridgehead atoms. The third-order valence-electron chi connectivity index (χ3n) is 4.46. The molecule has 3 N–H and O–H groups in total. The largest absolute Gasteiger partial charge is 0.361 e. The number of aromatic nitrogens is 1. The summed E-state index contributed by atoms with van der Waals surface area (Å²) in [4.78, 5) is 7.66. The minimum absolute atomic E-state index is 0.853. The van der Waals surface area contributed by atoms with E-state index in [1.807, 2.05) is 13.1 Å². The average Bonchev–Trinajstić information content (AvgIpc) is 3.06. The molecule has 4 heteroatoms. The number of hydrogen-bond donors (Lipinski definition) is 3. The van der Waals surface area contributed by atoms with Crippen LogP contribution >= 0.6 is 0 Å². The van der Waals surface area contributed by atoms with Gasteiger partial charge >= 0.3 is 0 Å². The lowest BCUT2D eigenvalue weighted by atomic mass is 10.1. The average molecular weight is 334 g/mol. The standard InChI is InChI=1S/C21H26N4/c1-16-7-6-10-19-20(16)18(15-25-19)12-14-24-21(22-2)23-13-11-17-8-4-3-5-9-17/h3-10,15,25H,11-14H2,1-2H3,(H2,22,23,24). The number of rotatable bonds is 6. The van der Waals surface area contributed by atoms with Gasteiger partial charge in [-0.1, -0.05) is 42.5 Å². The number of aliphatic imine (C=N–C) groups is 1. The lowest BCUT2D eigenvalue weighted by Gasteiger charge is -2.12. The fourth-order valence-corrected chi connectivity index (χ4v) is 3.15. The number of nitrogens with zero attached hydrogens (tertiary/aromatic N) is 1. The first-order chi connectivity index (χ1) is 12.3. The zero-order valence-corrected chi connectivity index (χ0v) is 15.0. The van der Waals surface area contributed by atoms with Crippen molar-refractivity contribution in [2.45, 2.75) is 19.8 Å². The van der Waals surface area contributed by atoms with Gasteiger partial charge < -0.3 is 15.6 Å². The highest BCUT2D eigenvalue weighted by molar-refractivity contribution is 5.86. The van der Waals surface area contributed by atoms with Gasteiger partial charge in [0, 0.05) is 37.2 Å². The molecule has 3 rings (SSSR count). The molecule has 0 fully saturated rings. The number of fused-ring (bicyclic) bond motifs is 1. The van der Waals surface area contributed by atoms with Gasteiger partial charge in [0.05, 0.1) is 0 Å². The Morgan fingerprint density at radius 3 is 2.48 bits per heavy atom. The Morgan fingerprint density at radius 1 is 0.960 bits per heavy atom. The van der Waals surface area contributed by atoms with Gasteiger partial charge in [-0.05, 0) is 42.5 Å². The second-order valence-electron chi connectivity index (χ2n) is 6.22. The molecular weight excluding hydrogens is 308 g/mol. The van der Waals surface area contributed by atoms with Crippen molar-refractivity contribution in [1.29, 1.82) is 0 Å². The van der Waals surface area contributed by atoms with Crippen molar-refractivity contribution in [2.75, 3.05) is 20.1 Å². The zero-order chi connectivity index (χ0) is 17.5. The van der Waals surface area contributed by atoms with Crippen LogP contribution in [0.3, 0.4) is 0 Å². The second kappa shape index (κ2) is 8.38. The van der Waals surface area contributed by atoms with Crippen LogP contribution in [0.25, 0.3) is 10.9 Å². The van der Waals surface area contributed by atoms with Gasteiger partial charge in [0.1, 0.15) is 0 Å². The van der Waals surface area contributed by atoms with Gasteiger partial charge in [0.25, 0.3) is 0 Å². The molecule has 1 heterocycles.